The van der Waals surface area contributed by atoms with E-state index in [-0.39, 0.29) is 11.1 Å². The number of hydrogen-bond donors (Lipinski definition) is 1. The molecule has 0 amide bonds. The lowest BCUT2D eigenvalue weighted by molar-refractivity contribution is 0.221. The van der Waals surface area contributed by atoms with E-state index < -0.39 is 14.4 Å². The second-order valence-corrected chi connectivity index (χ2v) is 12.5. The summed E-state index contributed by atoms with van der Waals surface area (Å²) in [5.41, 5.74) is 0. The van der Waals surface area contributed by atoms with E-state index in [1.165, 1.54) is 0 Å². The first-order chi connectivity index (χ1) is 11.6. The average Bonchev–Trinajstić information content (AvgIpc) is 2.49. The van der Waals surface area contributed by atoms with Gasteiger partial charge in [0.1, 0.15) is 12.2 Å². The summed E-state index contributed by atoms with van der Waals surface area (Å²) >= 11 is 0. The van der Waals surface area contributed by atoms with Crippen LogP contribution in [-0.4, -0.2) is 25.6 Å². The van der Waals surface area contributed by atoms with E-state index in [1.54, 1.807) is 12.2 Å². The van der Waals surface area contributed by atoms with E-state index in [2.05, 4.69) is 76.6 Å². The van der Waals surface area contributed by atoms with Crippen molar-refractivity contribution in [3.63, 3.8) is 0 Å². The second-order valence-electron chi connectivity index (χ2n) is 7.70. The summed E-state index contributed by atoms with van der Waals surface area (Å²) in [5.74, 6) is 11.9. The van der Waals surface area contributed by atoms with E-state index in [4.69, 9.17) is 4.43 Å². The Labute approximate surface area is 156 Å². The monoisotopic (exact) mass is 360 g/mol. The van der Waals surface area contributed by atoms with Gasteiger partial charge in [-0.1, -0.05) is 76.9 Å². The van der Waals surface area contributed by atoms with E-state index in [1.807, 2.05) is 6.92 Å². The van der Waals surface area contributed by atoms with Crippen LogP contribution in [0.2, 0.25) is 18.1 Å². The molecule has 0 bridgehead atoms. The van der Waals surface area contributed by atoms with Crippen molar-refractivity contribution in [2.75, 3.05) is 0 Å². The van der Waals surface area contributed by atoms with E-state index in [0.29, 0.717) is 6.42 Å². The molecule has 0 aliphatic carbocycles. The summed E-state index contributed by atoms with van der Waals surface area (Å²) < 4.78 is 6.43. The average molecular weight is 361 g/mol. The highest BCUT2D eigenvalue weighted by Crippen LogP contribution is 2.37. The van der Waals surface area contributed by atoms with Gasteiger partial charge in [-0.3, -0.25) is 0 Å². The Kier molecular flexibility index (Phi) is 11.5. The number of aliphatic hydroxyl groups excluding tert-OH is 1. The first-order valence-electron chi connectivity index (χ1n) is 9.32. The summed E-state index contributed by atoms with van der Waals surface area (Å²) in [6, 6.07) is 0. The van der Waals surface area contributed by atoms with Crippen molar-refractivity contribution in [3.8, 4) is 23.7 Å². The number of rotatable bonds is 7. The summed E-state index contributed by atoms with van der Waals surface area (Å²) in [6.07, 6.45) is 10.6. The lowest BCUT2D eigenvalue weighted by Crippen LogP contribution is -2.43. The third kappa shape index (κ3) is 11.1. The standard InChI is InChI=1S/C22H36O2Si/c1-8-10-13-18-21(24-25(6,7)22(3,4)5)19-15-12-11-14-17-20(23)16-9-2/h10-13,20-21,23H,8-9,16,18H2,1-7H3/b12-11-,13-10-/t20-,21-/m0/s1. The van der Waals surface area contributed by atoms with Crippen molar-refractivity contribution in [2.45, 2.75) is 90.6 Å². The number of allylic oxidation sites excluding steroid dienone is 3. The van der Waals surface area contributed by atoms with Gasteiger partial charge in [0.2, 0.25) is 0 Å². The Hall–Kier alpha value is -1.26. The van der Waals surface area contributed by atoms with Crippen molar-refractivity contribution in [1.29, 1.82) is 0 Å². The van der Waals surface area contributed by atoms with E-state index in [9.17, 15) is 5.11 Å². The maximum absolute atomic E-state index is 9.55. The van der Waals surface area contributed by atoms with Gasteiger partial charge in [-0.25, -0.2) is 0 Å². The smallest absolute Gasteiger partial charge is 0.193 e. The molecule has 3 heteroatoms. The van der Waals surface area contributed by atoms with Crippen LogP contribution >= 0.6 is 0 Å². The van der Waals surface area contributed by atoms with Gasteiger partial charge in [-0.2, -0.15) is 0 Å². The van der Waals surface area contributed by atoms with Crippen LogP contribution in [0.1, 0.15) is 60.3 Å². The van der Waals surface area contributed by atoms with Crippen molar-refractivity contribution in [3.05, 3.63) is 24.3 Å². The molecule has 25 heavy (non-hydrogen) atoms. The molecular weight excluding hydrogens is 324 g/mol. The lowest BCUT2D eigenvalue weighted by Gasteiger charge is -2.37. The molecule has 0 heterocycles. The van der Waals surface area contributed by atoms with Gasteiger partial charge in [-0.15, -0.1) is 0 Å². The first-order valence-corrected chi connectivity index (χ1v) is 12.2. The largest absolute Gasteiger partial charge is 0.403 e. The van der Waals surface area contributed by atoms with Gasteiger partial charge in [0.05, 0.1) is 0 Å². The van der Waals surface area contributed by atoms with Gasteiger partial charge in [0, 0.05) is 6.42 Å². The molecule has 0 rings (SSSR count). The Bertz CT molecular complexity index is 545. The summed E-state index contributed by atoms with van der Waals surface area (Å²) in [5, 5.41) is 9.72. The minimum Gasteiger partial charge on any atom is -0.403 e. The van der Waals surface area contributed by atoms with Crippen LogP contribution in [0.5, 0.6) is 0 Å². The molecule has 0 fully saturated rings. The van der Waals surface area contributed by atoms with Crippen LogP contribution in [0.25, 0.3) is 0 Å². The van der Waals surface area contributed by atoms with Crippen molar-refractivity contribution in [1.82, 2.24) is 0 Å². The summed E-state index contributed by atoms with van der Waals surface area (Å²) in [4.78, 5) is 0. The molecule has 0 unspecified atom stereocenters. The fourth-order valence-electron chi connectivity index (χ4n) is 1.77. The van der Waals surface area contributed by atoms with Crippen LogP contribution in [0.15, 0.2) is 24.3 Å². The number of aliphatic hydroxyl groups is 1. The molecule has 0 aliphatic rings. The molecule has 0 aromatic carbocycles. The van der Waals surface area contributed by atoms with Gasteiger partial charge < -0.3 is 9.53 Å². The zero-order valence-corrected chi connectivity index (χ0v) is 18.1. The minimum atomic E-state index is -1.85. The predicted octanol–water partition coefficient (Wildman–Crippen LogP) is 5.46. The Balaban J connectivity index is 4.94. The minimum absolute atomic E-state index is 0.0908. The Morgan fingerprint density at radius 2 is 1.64 bits per heavy atom. The summed E-state index contributed by atoms with van der Waals surface area (Å²) in [6.45, 7) is 15.4. The normalized spacial score (nSPS) is 14.7. The van der Waals surface area contributed by atoms with Crippen molar-refractivity contribution in [2.24, 2.45) is 0 Å². The zero-order chi connectivity index (χ0) is 19.3. The SMILES string of the molecule is CC/C=C\C[C@@H](C#C/C=C\C#C[C@@H](O)CCC)O[Si](C)(C)C(C)(C)C. The predicted molar refractivity (Wildman–Crippen MR) is 112 cm³/mol. The Morgan fingerprint density at radius 3 is 2.16 bits per heavy atom. The highest BCUT2D eigenvalue weighted by molar-refractivity contribution is 6.74. The second kappa shape index (κ2) is 12.1. The maximum Gasteiger partial charge on any atom is 0.193 e. The molecule has 140 valence electrons. The molecule has 0 spiro atoms. The topological polar surface area (TPSA) is 29.5 Å². The first kappa shape index (κ1) is 23.7. The highest BCUT2D eigenvalue weighted by Gasteiger charge is 2.38. The fourth-order valence-corrected chi connectivity index (χ4v) is 2.99. The molecule has 0 aromatic heterocycles. The van der Waals surface area contributed by atoms with E-state index in [0.717, 1.165) is 19.3 Å². The van der Waals surface area contributed by atoms with Crippen LogP contribution in [0.3, 0.4) is 0 Å². The van der Waals surface area contributed by atoms with Crippen molar-refractivity contribution >= 4 is 8.32 Å². The summed E-state index contributed by atoms with van der Waals surface area (Å²) in [7, 11) is -1.85. The molecule has 0 aliphatic heterocycles. The zero-order valence-electron chi connectivity index (χ0n) is 17.1. The van der Waals surface area contributed by atoms with Crippen LogP contribution in [0.4, 0.5) is 0 Å². The number of hydrogen-bond acceptors (Lipinski definition) is 2. The molecular formula is C22H36O2Si. The molecule has 0 saturated carbocycles. The third-order valence-corrected chi connectivity index (χ3v) is 8.79. The maximum atomic E-state index is 9.55. The van der Waals surface area contributed by atoms with Crippen LogP contribution in [0, 0.1) is 23.7 Å². The third-order valence-electron chi connectivity index (χ3n) is 4.30. The van der Waals surface area contributed by atoms with E-state index >= 15 is 0 Å². The molecule has 2 nitrogen and oxygen atoms in total. The van der Waals surface area contributed by atoms with Gasteiger partial charge in [0.15, 0.2) is 8.32 Å². The Morgan fingerprint density at radius 1 is 1.04 bits per heavy atom. The van der Waals surface area contributed by atoms with Crippen LogP contribution in [-0.2, 0) is 4.43 Å². The van der Waals surface area contributed by atoms with Gasteiger partial charge >= 0.3 is 0 Å². The molecule has 0 aromatic rings. The molecule has 1 N–H and O–H groups in total. The molecule has 0 radical (unpaired) electrons. The molecule has 2 atom stereocenters. The van der Waals surface area contributed by atoms with Gasteiger partial charge in [-0.05, 0) is 43.1 Å². The lowest BCUT2D eigenvalue weighted by atomic mass is 10.2. The molecule has 0 saturated heterocycles. The van der Waals surface area contributed by atoms with Gasteiger partial charge in [0.25, 0.3) is 0 Å². The highest BCUT2D eigenvalue weighted by atomic mass is 28.4. The fraction of sp³-hybridized carbons (Fsp3) is 0.636. The quantitative estimate of drug-likeness (QED) is 0.371. The van der Waals surface area contributed by atoms with Crippen molar-refractivity contribution < 1.29 is 9.53 Å². The van der Waals surface area contributed by atoms with Crippen LogP contribution < -0.4 is 0 Å².